The maximum absolute atomic E-state index is 13.5. The quantitative estimate of drug-likeness (QED) is 0.0384. The van der Waals surface area contributed by atoms with E-state index in [1.807, 2.05) is 352 Å². The predicted octanol–water partition coefficient (Wildman–Crippen LogP) is 25.3. The molecule has 0 saturated carbocycles. The molecule has 748 valence electrons. The van der Waals surface area contributed by atoms with E-state index in [-0.39, 0.29) is 92.3 Å². The van der Waals surface area contributed by atoms with Crippen LogP contribution >= 0.6 is 45.3 Å². The average Bonchev–Trinajstić information content (AvgIpc) is 1.62. The van der Waals surface area contributed by atoms with Gasteiger partial charge in [-0.15, -0.1) is 45.3 Å². The Kier molecular flexibility index (Phi) is 43.1. The Hall–Kier alpha value is -14.9. The zero-order valence-electron chi connectivity index (χ0n) is 83.8. The smallest absolute Gasteiger partial charge is 0.295 e. The number of furan rings is 1. The molecule has 0 spiro atoms. The Labute approximate surface area is 860 Å². The van der Waals surface area contributed by atoms with Crippen LogP contribution in [0.25, 0.3) is 11.0 Å². The number of carbonyl (C=O) groups excluding carboxylic acids is 6. The first-order valence-electron chi connectivity index (χ1n) is 47.4. The standard InChI is InChI=1S/C22H20N2O2S.C22H21NO2.C20H18FNO2S.C19H18N2O3S.C17H27NO3.C17H21NO2S/c1-14-11-15(2)20-16(3)21(26-18(20)12-14)22(25)24(13-17-7-6-10-27-17)19-8-4-5-9-23-19;1-18-12-14-21(15-13-18)25-17-22(24)23(20-10-6-3-7-11-20)16-19-8-4-2-5-9-19;1-15-4-10-18(11-5-15)24-14-20(23)22(13-19-3-2-12-25-19)17-8-6-16(21)7-9-17;1-23-16-6-8-17(9-7-16)24-14-19(22)21(13-18-5-3-11-25-18)15-4-2-10-20-12-15;1-12(2)16(10-19)18(13(3)4)17(20)11-21-15-8-6-7-14(5)9-15;1-4-18(12-16-6-5-11-21-16)17(19)14(3)20-15-9-7-13(2)8-10-15/h4-12H,13H2,1-3H3;2-15H,16-17H2,1H3;2*2-12H,13-14H2,1H3;6-9,12-13,16,19H,10-11H2,1-5H3;5-11,14H,4,12H2,1-3H3/t;;;;16-;/m....0./s1. The zero-order valence-corrected chi connectivity index (χ0v) is 87.0. The number of aliphatic hydroxyl groups is 1. The Balaban J connectivity index is 0.000000165. The second-order valence-electron chi connectivity index (χ2n) is 34.4. The Morgan fingerprint density at radius 3 is 1.34 bits per heavy atom. The number of pyridine rings is 2. The molecule has 0 saturated heterocycles. The number of nitrogens with zero attached hydrogens (tertiary/aromatic N) is 8. The molecule has 1 N–H and O–H groups in total. The minimum absolute atomic E-state index is 0.00475. The van der Waals surface area contributed by atoms with Crippen molar-refractivity contribution < 1.29 is 71.1 Å². The fourth-order valence-corrected chi connectivity index (χ4v) is 17.9. The van der Waals surface area contributed by atoms with Crippen molar-refractivity contribution in [1.82, 2.24) is 19.8 Å². The van der Waals surface area contributed by atoms with Crippen LogP contribution in [0.2, 0.25) is 0 Å². The first-order valence-corrected chi connectivity index (χ1v) is 50.9. The van der Waals surface area contributed by atoms with Crippen LogP contribution in [-0.2, 0) is 56.7 Å². The van der Waals surface area contributed by atoms with Crippen LogP contribution in [0.3, 0.4) is 0 Å². The van der Waals surface area contributed by atoms with E-state index >= 15 is 0 Å². The number of likely N-dealkylation sites (N-methyl/N-ethyl adjacent to an activating group) is 1. The summed E-state index contributed by atoms with van der Waals surface area (Å²) in [5, 5.41) is 18.6. The molecule has 0 aliphatic rings. The van der Waals surface area contributed by atoms with Gasteiger partial charge >= 0.3 is 0 Å². The lowest BCUT2D eigenvalue weighted by molar-refractivity contribution is -0.140. The predicted molar refractivity (Wildman–Crippen MR) is 578 cm³/mol. The molecule has 27 heteroatoms. The van der Waals surface area contributed by atoms with Crippen molar-refractivity contribution in [1.29, 1.82) is 0 Å². The Bertz CT molecular complexity index is 6490. The molecular formula is C117H125FN8O14S4. The molecule has 22 nitrogen and oxygen atoms in total. The van der Waals surface area contributed by atoms with E-state index in [4.69, 9.17) is 32.8 Å². The molecule has 9 aromatic carbocycles. The van der Waals surface area contributed by atoms with Crippen molar-refractivity contribution in [3.05, 3.63) is 413 Å². The molecule has 0 fully saturated rings. The van der Waals surface area contributed by atoms with Crippen molar-refractivity contribution in [2.45, 2.75) is 141 Å². The first-order chi connectivity index (χ1) is 69.6. The molecule has 0 aliphatic carbocycles. The number of fused-ring (bicyclic) bond motifs is 1. The largest absolute Gasteiger partial charge is 0.497 e. The van der Waals surface area contributed by atoms with Gasteiger partial charge in [0, 0.05) is 66.8 Å². The SMILES string of the molecule is CCN(Cc1cccs1)C(=O)C(C)Oc1ccc(C)cc1.COc1ccc(OCC(=O)N(Cc2cccs2)c2cccnc2)cc1.Cc1cc(C)c2c(C)c(C(=O)N(Cc3cccs3)c3ccccn3)oc2c1.Cc1ccc(OCC(=O)N(Cc2ccccc2)c2ccccc2)cc1.Cc1ccc(OCC(=O)N(Cc2cccs2)c2ccc(F)cc2)cc1.Cc1cccc(OCC(=O)N(C(C)C)[C@@H](CO)C(C)C)c1. The number of ether oxygens (including phenoxy) is 6. The highest BCUT2D eigenvalue weighted by molar-refractivity contribution is 7.10. The second kappa shape index (κ2) is 56.7. The number of para-hydroxylation sites is 1. The fraction of sp³-hybridized carbons (Fsp3) is 0.248. The van der Waals surface area contributed by atoms with Gasteiger partial charge in [-0.3, -0.25) is 38.7 Å². The molecule has 0 bridgehead atoms. The molecule has 6 amide bonds. The maximum Gasteiger partial charge on any atom is 0.295 e. The second-order valence-corrected chi connectivity index (χ2v) is 38.6. The number of benzene rings is 9. The van der Waals surface area contributed by atoms with Crippen LogP contribution < -0.4 is 48.0 Å². The topological polar surface area (TPSA) is 236 Å². The first kappa shape index (κ1) is 110. The summed E-state index contributed by atoms with van der Waals surface area (Å²) in [7, 11) is 1.61. The minimum Gasteiger partial charge on any atom is -0.497 e. The summed E-state index contributed by atoms with van der Waals surface area (Å²) in [5.41, 5.74) is 11.8. The number of hydrogen-bond acceptors (Lipinski definition) is 20. The van der Waals surface area contributed by atoms with E-state index in [1.165, 1.54) is 22.6 Å². The van der Waals surface area contributed by atoms with Gasteiger partial charge in [0.2, 0.25) is 0 Å². The number of methoxy groups -OCH3 is 1. The number of aryl methyl sites for hydroxylation is 7. The molecule has 7 heterocycles. The number of aliphatic hydroxyl groups excluding tert-OH is 1. The lowest BCUT2D eigenvalue weighted by Gasteiger charge is -2.36. The third kappa shape index (κ3) is 34.2. The van der Waals surface area contributed by atoms with Gasteiger partial charge in [0.05, 0.1) is 64.4 Å². The van der Waals surface area contributed by atoms with E-state index in [0.29, 0.717) is 79.5 Å². The van der Waals surface area contributed by atoms with Crippen molar-refractivity contribution in [3.63, 3.8) is 0 Å². The van der Waals surface area contributed by atoms with Gasteiger partial charge in [-0.05, 0) is 290 Å². The number of hydrogen-bond donors (Lipinski definition) is 1. The summed E-state index contributed by atoms with van der Waals surface area (Å²) in [5.74, 6) is 4.36. The molecule has 16 rings (SSSR count). The van der Waals surface area contributed by atoms with Gasteiger partial charge < -0.3 is 62.4 Å². The van der Waals surface area contributed by atoms with E-state index in [0.717, 1.165) is 87.4 Å². The van der Waals surface area contributed by atoms with Gasteiger partial charge in [-0.2, -0.15) is 0 Å². The molecular weight excluding hydrogens is 1890 g/mol. The van der Waals surface area contributed by atoms with Gasteiger partial charge in [-0.25, -0.2) is 9.37 Å². The lowest BCUT2D eigenvalue weighted by atomic mass is 10.0. The van der Waals surface area contributed by atoms with Crippen molar-refractivity contribution >= 4 is 115 Å². The fourth-order valence-electron chi connectivity index (χ4n) is 15.1. The van der Waals surface area contributed by atoms with Crippen LogP contribution in [0.15, 0.2) is 342 Å². The zero-order chi connectivity index (χ0) is 103. The van der Waals surface area contributed by atoms with Gasteiger partial charge in [0.25, 0.3) is 35.4 Å². The van der Waals surface area contributed by atoms with Crippen LogP contribution in [0.4, 0.5) is 27.3 Å². The monoisotopic (exact) mass is 2010 g/mol. The number of anilines is 4. The lowest BCUT2D eigenvalue weighted by Crippen LogP contribution is -2.50. The summed E-state index contributed by atoms with van der Waals surface area (Å²) >= 11 is 6.47. The Morgan fingerprint density at radius 2 is 0.875 bits per heavy atom. The highest BCUT2D eigenvalue weighted by Crippen LogP contribution is 2.34. The van der Waals surface area contributed by atoms with Crippen molar-refractivity contribution in [2.24, 2.45) is 5.92 Å². The summed E-state index contributed by atoms with van der Waals surface area (Å²) in [6.45, 7) is 28.8. The number of carbonyl (C=O) groups is 6. The molecule has 1 unspecified atom stereocenters. The normalized spacial score (nSPS) is 11.0. The number of thiophene rings is 4. The number of halogens is 1. The summed E-state index contributed by atoms with van der Waals surface area (Å²) < 4.78 is 52.6. The van der Waals surface area contributed by atoms with Gasteiger partial charge in [0.1, 0.15) is 51.7 Å². The van der Waals surface area contributed by atoms with Crippen LogP contribution in [0.5, 0.6) is 34.5 Å². The molecule has 0 radical (unpaired) electrons. The molecule has 144 heavy (non-hydrogen) atoms. The number of rotatable bonds is 36. The van der Waals surface area contributed by atoms with E-state index in [1.54, 1.807) is 139 Å². The van der Waals surface area contributed by atoms with Gasteiger partial charge in [0.15, 0.2) is 38.3 Å². The average molecular weight is 2010 g/mol. The summed E-state index contributed by atoms with van der Waals surface area (Å²) in [4.78, 5) is 99.8. The highest BCUT2D eigenvalue weighted by atomic mass is 32.1. The van der Waals surface area contributed by atoms with E-state index in [2.05, 4.69) is 16.0 Å². The van der Waals surface area contributed by atoms with Crippen molar-refractivity contribution in [3.8, 4) is 34.5 Å². The molecule has 16 aromatic rings. The molecule has 2 atom stereocenters. The van der Waals surface area contributed by atoms with Crippen LogP contribution in [0, 0.1) is 60.2 Å². The highest BCUT2D eigenvalue weighted by Gasteiger charge is 2.31. The molecule has 7 aromatic heterocycles. The maximum atomic E-state index is 13.5. The number of aromatic nitrogens is 2. The van der Waals surface area contributed by atoms with Crippen LogP contribution in [0.1, 0.15) is 116 Å². The van der Waals surface area contributed by atoms with Crippen molar-refractivity contribution in [2.75, 3.05) is 66.3 Å². The van der Waals surface area contributed by atoms with E-state index < -0.39 is 6.10 Å². The van der Waals surface area contributed by atoms with Crippen LogP contribution in [-0.4, -0.2) is 125 Å². The van der Waals surface area contributed by atoms with Gasteiger partial charge in [-0.1, -0.05) is 164 Å². The Morgan fingerprint density at radius 1 is 0.417 bits per heavy atom. The summed E-state index contributed by atoms with van der Waals surface area (Å²) in [6, 6.07) is 92.5. The third-order valence-electron chi connectivity index (χ3n) is 22.7. The van der Waals surface area contributed by atoms with E-state index in [9.17, 15) is 38.3 Å². The molecule has 0 aliphatic heterocycles. The number of amides is 6. The summed E-state index contributed by atoms with van der Waals surface area (Å²) in [6.07, 6.45) is 4.58. The minimum atomic E-state index is -0.479. The third-order valence-corrected chi connectivity index (χ3v) is 26.1.